The van der Waals surface area contributed by atoms with E-state index in [4.69, 9.17) is 5.26 Å². The molecule has 0 amide bonds. The molecule has 5 rings (SSSR count). The van der Waals surface area contributed by atoms with Gasteiger partial charge in [-0.1, -0.05) is 26.5 Å². The molecule has 1 fully saturated rings. The first-order chi connectivity index (χ1) is 15.0. The molecule has 0 unspecified atom stereocenters. The summed E-state index contributed by atoms with van der Waals surface area (Å²) in [6, 6.07) is 5.61. The summed E-state index contributed by atoms with van der Waals surface area (Å²) in [6.45, 7) is 8.05. The van der Waals surface area contributed by atoms with Crippen LogP contribution < -0.4 is 0 Å². The van der Waals surface area contributed by atoms with Crippen molar-refractivity contribution in [3.05, 3.63) is 47.7 Å². The molecular formula is C23H26BFN6. The van der Waals surface area contributed by atoms with Gasteiger partial charge in [-0.25, -0.2) is 19.2 Å². The van der Waals surface area contributed by atoms with E-state index in [1.165, 1.54) is 6.07 Å². The van der Waals surface area contributed by atoms with Crippen molar-refractivity contribution < 1.29 is 4.39 Å². The molecule has 158 valence electrons. The third kappa shape index (κ3) is 3.92. The first-order valence-electron chi connectivity index (χ1n) is 10.9. The van der Waals surface area contributed by atoms with Gasteiger partial charge in [0.15, 0.2) is 11.5 Å². The average molecular weight is 416 g/mol. The van der Waals surface area contributed by atoms with Crippen LogP contribution in [0.15, 0.2) is 30.6 Å². The summed E-state index contributed by atoms with van der Waals surface area (Å²) in [5, 5.41) is 19.0. The summed E-state index contributed by atoms with van der Waals surface area (Å²) in [6.07, 6.45) is 7.34. The lowest BCUT2D eigenvalue weighted by Gasteiger charge is -2.23. The number of rotatable bonds is 2. The van der Waals surface area contributed by atoms with Crippen LogP contribution in [0, 0.1) is 30.9 Å². The Kier molecular flexibility index (Phi) is 5.77. The minimum absolute atomic E-state index is 0.135. The maximum absolute atomic E-state index is 14.9. The smallest absolute Gasteiger partial charge is 0.268 e. The summed E-state index contributed by atoms with van der Waals surface area (Å²) in [4.78, 5) is 4.47. The summed E-state index contributed by atoms with van der Waals surface area (Å²) < 4.78 is 18.5. The standard InChI is InChI=1S/C21H20BFN6.C2H6/c1-13-7-19(26-29-10-14(2)25-21(13)29)15-8-16-11-28(27-20(16)18(23)9-15)17-3-5-22(12-24)6-4-17;1-2/h7-11,17H,3-6H2,1-2H3;1-2H3. The van der Waals surface area contributed by atoms with E-state index in [1.54, 1.807) is 4.52 Å². The van der Waals surface area contributed by atoms with Crippen LogP contribution in [0.4, 0.5) is 4.39 Å². The number of hydrogen-bond donors (Lipinski definition) is 0. The van der Waals surface area contributed by atoms with Gasteiger partial charge in [-0.05, 0) is 50.5 Å². The summed E-state index contributed by atoms with van der Waals surface area (Å²) in [5.74, 6) is 2.01. The Morgan fingerprint density at radius 3 is 2.55 bits per heavy atom. The lowest BCUT2D eigenvalue weighted by atomic mass is 9.42. The third-order valence-corrected chi connectivity index (χ3v) is 5.86. The first kappa shape index (κ1) is 21.0. The van der Waals surface area contributed by atoms with Crippen molar-refractivity contribution in [2.45, 2.75) is 59.2 Å². The van der Waals surface area contributed by atoms with Gasteiger partial charge in [0.1, 0.15) is 5.52 Å². The molecule has 0 radical (unpaired) electrons. The van der Waals surface area contributed by atoms with Gasteiger partial charge in [0.2, 0.25) is 0 Å². The van der Waals surface area contributed by atoms with E-state index < -0.39 is 0 Å². The summed E-state index contributed by atoms with van der Waals surface area (Å²) in [5.41, 5.74) is 4.51. The van der Waals surface area contributed by atoms with Crippen molar-refractivity contribution in [2.75, 3.05) is 0 Å². The molecule has 31 heavy (non-hydrogen) atoms. The fourth-order valence-corrected chi connectivity index (χ4v) is 4.30. The topological polar surface area (TPSA) is 71.8 Å². The molecular weight excluding hydrogens is 390 g/mol. The van der Waals surface area contributed by atoms with Crippen LogP contribution >= 0.6 is 0 Å². The van der Waals surface area contributed by atoms with Crippen LogP contribution in [0.1, 0.15) is 44.0 Å². The Morgan fingerprint density at radius 2 is 1.84 bits per heavy atom. The Balaban J connectivity index is 0.00000112. The highest BCUT2D eigenvalue weighted by Crippen LogP contribution is 2.32. The number of benzene rings is 1. The van der Waals surface area contributed by atoms with Crippen molar-refractivity contribution in [1.82, 2.24) is 24.4 Å². The lowest BCUT2D eigenvalue weighted by Crippen LogP contribution is -2.22. The molecule has 4 aromatic rings. The van der Waals surface area contributed by atoms with E-state index in [9.17, 15) is 4.39 Å². The summed E-state index contributed by atoms with van der Waals surface area (Å²) >= 11 is 0. The van der Waals surface area contributed by atoms with Gasteiger partial charge < -0.3 is 0 Å². The molecule has 0 spiro atoms. The van der Waals surface area contributed by atoms with Crippen LogP contribution in [-0.2, 0) is 0 Å². The second-order valence-corrected chi connectivity index (χ2v) is 8.00. The molecule has 0 atom stereocenters. The molecule has 8 heteroatoms. The summed E-state index contributed by atoms with van der Waals surface area (Å²) in [7, 11) is 0. The quantitative estimate of drug-likeness (QED) is 0.409. The van der Waals surface area contributed by atoms with Crippen molar-refractivity contribution in [1.29, 1.82) is 5.26 Å². The van der Waals surface area contributed by atoms with Gasteiger partial charge in [-0.3, -0.25) is 4.68 Å². The molecule has 1 aliphatic heterocycles. The number of nitriles is 1. The fourth-order valence-electron chi connectivity index (χ4n) is 4.30. The van der Waals surface area contributed by atoms with Gasteiger partial charge in [0.05, 0.1) is 23.6 Å². The highest BCUT2D eigenvalue weighted by molar-refractivity contribution is 6.67. The van der Waals surface area contributed by atoms with Crippen molar-refractivity contribution in [3.8, 4) is 17.2 Å². The van der Waals surface area contributed by atoms with Gasteiger partial charge >= 0.3 is 0 Å². The number of halogens is 1. The molecule has 0 N–H and O–H groups in total. The van der Waals surface area contributed by atoms with Gasteiger partial charge in [0, 0.05) is 23.1 Å². The van der Waals surface area contributed by atoms with Gasteiger partial charge in [-0.15, -0.1) is 0 Å². The van der Waals surface area contributed by atoms with Crippen LogP contribution in [-0.4, -0.2) is 31.1 Å². The monoisotopic (exact) mass is 416 g/mol. The second-order valence-electron chi connectivity index (χ2n) is 8.00. The second kappa shape index (κ2) is 8.50. The van der Waals surface area contributed by atoms with Gasteiger partial charge in [-0.2, -0.15) is 10.2 Å². The molecule has 1 aromatic carbocycles. The van der Waals surface area contributed by atoms with Gasteiger partial charge in [0.25, 0.3) is 6.71 Å². The zero-order valence-corrected chi connectivity index (χ0v) is 18.4. The number of aromatic nitrogens is 5. The van der Waals surface area contributed by atoms with Crippen LogP contribution in [0.3, 0.4) is 0 Å². The molecule has 1 saturated heterocycles. The molecule has 1 aliphatic rings. The SMILES string of the molecule is CC.Cc1cn2nc(-c3cc(F)c4nn(C5CCB(C#N)CC5)cc4c3)cc(C)c2n1. The number of nitrogens with zero attached hydrogens (tertiary/aromatic N) is 6. The predicted octanol–water partition coefficient (Wildman–Crippen LogP) is 5.42. The van der Waals surface area contributed by atoms with Crippen molar-refractivity contribution in [2.24, 2.45) is 0 Å². The van der Waals surface area contributed by atoms with Crippen LogP contribution in [0.25, 0.3) is 27.8 Å². The van der Waals surface area contributed by atoms with E-state index >= 15 is 0 Å². The number of imidazole rings is 1. The number of aryl methyl sites for hydroxylation is 2. The largest absolute Gasteiger partial charge is 0.268 e. The van der Waals surface area contributed by atoms with E-state index in [1.807, 2.05) is 56.9 Å². The molecule has 0 aliphatic carbocycles. The van der Waals surface area contributed by atoms with E-state index in [-0.39, 0.29) is 18.6 Å². The van der Waals surface area contributed by atoms with E-state index in [0.717, 1.165) is 53.3 Å². The predicted molar refractivity (Wildman–Crippen MR) is 122 cm³/mol. The molecule has 4 heterocycles. The minimum atomic E-state index is -0.344. The average Bonchev–Trinajstić information content (AvgIpc) is 3.39. The third-order valence-electron chi connectivity index (χ3n) is 5.86. The Bertz CT molecular complexity index is 1280. The van der Waals surface area contributed by atoms with Crippen molar-refractivity contribution >= 4 is 23.3 Å². The first-order valence-corrected chi connectivity index (χ1v) is 10.9. The van der Waals surface area contributed by atoms with Crippen molar-refractivity contribution in [3.63, 3.8) is 0 Å². The molecule has 0 bridgehead atoms. The fraction of sp³-hybridized carbons (Fsp3) is 0.391. The van der Waals surface area contributed by atoms with E-state index in [0.29, 0.717) is 11.2 Å². The Hall–Kier alpha value is -3.21. The highest BCUT2D eigenvalue weighted by atomic mass is 19.1. The Morgan fingerprint density at radius 1 is 1.10 bits per heavy atom. The minimum Gasteiger partial charge on any atom is -0.268 e. The maximum atomic E-state index is 14.9. The number of hydrogen-bond acceptors (Lipinski definition) is 4. The number of fused-ring (bicyclic) bond motifs is 2. The highest BCUT2D eigenvalue weighted by Gasteiger charge is 2.26. The van der Waals surface area contributed by atoms with Crippen LogP contribution in [0.5, 0.6) is 0 Å². The van der Waals surface area contributed by atoms with Crippen LogP contribution in [0.2, 0.25) is 12.6 Å². The molecule has 0 saturated carbocycles. The lowest BCUT2D eigenvalue weighted by molar-refractivity contribution is 0.416. The zero-order valence-electron chi connectivity index (χ0n) is 18.4. The van der Waals surface area contributed by atoms with E-state index in [2.05, 4.69) is 21.1 Å². The maximum Gasteiger partial charge on any atom is 0.268 e. The Labute approximate surface area is 181 Å². The normalized spacial score (nSPS) is 14.5. The zero-order chi connectivity index (χ0) is 22.1. The molecule has 6 nitrogen and oxygen atoms in total. The molecule has 3 aromatic heterocycles.